The van der Waals surface area contributed by atoms with E-state index in [9.17, 15) is 0 Å². The summed E-state index contributed by atoms with van der Waals surface area (Å²) in [7, 11) is 0. The molecule has 0 radical (unpaired) electrons. The topological polar surface area (TPSA) is 44.5 Å². The minimum absolute atomic E-state index is 0.352. The van der Waals surface area contributed by atoms with Crippen LogP contribution in [0.25, 0.3) is 0 Å². The van der Waals surface area contributed by atoms with Gasteiger partial charge in [-0.1, -0.05) is 35.3 Å². The van der Waals surface area contributed by atoms with Crippen molar-refractivity contribution in [2.75, 3.05) is 12.3 Å². The summed E-state index contributed by atoms with van der Waals surface area (Å²) < 4.78 is 11.1. The molecule has 0 atom stereocenters. The molecule has 0 unspecified atom stereocenters. The van der Waals surface area contributed by atoms with Crippen molar-refractivity contribution in [3.63, 3.8) is 0 Å². The number of rotatable bonds is 4. The fourth-order valence-corrected chi connectivity index (χ4v) is 1.91. The van der Waals surface area contributed by atoms with Gasteiger partial charge in [-0.2, -0.15) is 0 Å². The second kappa shape index (κ2) is 6.04. The Morgan fingerprint density at radius 1 is 1.00 bits per heavy atom. The lowest BCUT2D eigenvalue weighted by atomic mass is 10.2. The molecule has 0 aliphatic heterocycles. The van der Waals surface area contributed by atoms with Crippen LogP contribution in [0.4, 0.5) is 5.69 Å². The molecule has 2 aromatic rings. The van der Waals surface area contributed by atoms with Crippen LogP contribution in [0.15, 0.2) is 36.4 Å². The zero-order valence-corrected chi connectivity index (χ0v) is 11.8. The number of benzene rings is 2. The third-order valence-electron chi connectivity index (χ3n) is 2.46. The fraction of sp³-hybridized carbons (Fsp3) is 0.143. The molecular weight excluding hydrogens is 285 g/mol. The average Bonchev–Trinajstić information content (AvgIpc) is 2.40. The fourth-order valence-electron chi connectivity index (χ4n) is 1.58. The molecule has 0 aromatic heterocycles. The van der Waals surface area contributed by atoms with Gasteiger partial charge in [-0.3, -0.25) is 0 Å². The minimum atomic E-state index is 0.352. The van der Waals surface area contributed by atoms with E-state index in [4.69, 9.17) is 38.4 Å². The lowest BCUT2D eigenvalue weighted by Crippen LogP contribution is -1.99. The highest BCUT2D eigenvalue weighted by Crippen LogP contribution is 2.39. The van der Waals surface area contributed by atoms with Crippen molar-refractivity contribution in [1.29, 1.82) is 0 Å². The van der Waals surface area contributed by atoms with Crippen LogP contribution in [0.2, 0.25) is 10.0 Å². The molecule has 0 amide bonds. The van der Waals surface area contributed by atoms with Gasteiger partial charge in [-0.05, 0) is 31.2 Å². The highest BCUT2D eigenvalue weighted by atomic mass is 35.5. The number of para-hydroxylation sites is 1. The Hall–Kier alpha value is -1.58. The van der Waals surface area contributed by atoms with Gasteiger partial charge in [0.1, 0.15) is 22.2 Å². The molecule has 2 N–H and O–H groups in total. The van der Waals surface area contributed by atoms with E-state index in [1.807, 2.05) is 6.92 Å². The van der Waals surface area contributed by atoms with Crippen LogP contribution in [-0.4, -0.2) is 6.61 Å². The first kappa shape index (κ1) is 13.8. The molecule has 0 saturated heterocycles. The molecule has 0 spiro atoms. The number of anilines is 1. The van der Waals surface area contributed by atoms with E-state index in [-0.39, 0.29) is 0 Å². The number of hydrogen-bond acceptors (Lipinski definition) is 3. The molecule has 19 heavy (non-hydrogen) atoms. The van der Waals surface area contributed by atoms with Crippen LogP contribution < -0.4 is 15.2 Å². The lowest BCUT2D eigenvalue weighted by Gasteiger charge is -2.13. The van der Waals surface area contributed by atoms with E-state index < -0.39 is 0 Å². The second-order valence-electron chi connectivity index (χ2n) is 3.75. The molecule has 0 aliphatic rings. The van der Waals surface area contributed by atoms with Gasteiger partial charge in [0, 0.05) is 0 Å². The van der Waals surface area contributed by atoms with Gasteiger partial charge in [0.2, 0.25) is 0 Å². The normalized spacial score (nSPS) is 10.3. The van der Waals surface area contributed by atoms with Gasteiger partial charge in [0.15, 0.2) is 5.75 Å². The summed E-state index contributed by atoms with van der Waals surface area (Å²) in [5, 5.41) is 0.782. The minimum Gasteiger partial charge on any atom is -0.492 e. The van der Waals surface area contributed by atoms with Crippen LogP contribution >= 0.6 is 23.2 Å². The predicted octanol–water partition coefficient (Wildman–Crippen LogP) is 4.77. The van der Waals surface area contributed by atoms with Crippen molar-refractivity contribution in [2.24, 2.45) is 0 Å². The van der Waals surface area contributed by atoms with E-state index in [0.717, 1.165) is 0 Å². The van der Waals surface area contributed by atoms with Crippen molar-refractivity contribution in [2.45, 2.75) is 6.92 Å². The predicted molar refractivity (Wildman–Crippen MR) is 78.6 cm³/mol. The summed E-state index contributed by atoms with van der Waals surface area (Å²) >= 11 is 12.0. The first-order valence-electron chi connectivity index (χ1n) is 5.76. The lowest BCUT2D eigenvalue weighted by molar-refractivity contribution is 0.340. The van der Waals surface area contributed by atoms with Crippen molar-refractivity contribution in [3.05, 3.63) is 46.4 Å². The standard InChI is InChI=1S/C14H13Cl2NO2/c1-2-18-11-7-4-8-12(14(11)17)19-10-6-3-5-9(15)13(10)16/h3-8H,2,17H2,1H3. The molecule has 0 aliphatic carbocycles. The van der Waals surface area contributed by atoms with Crippen LogP contribution in [-0.2, 0) is 0 Å². The molecule has 5 heteroatoms. The highest BCUT2D eigenvalue weighted by molar-refractivity contribution is 6.42. The highest BCUT2D eigenvalue weighted by Gasteiger charge is 2.11. The van der Waals surface area contributed by atoms with E-state index in [1.165, 1.54) is 0 Å². The molecular formula is C14H13Cl2NO2. The van der Waals surface area contributed by atoms with Crippen molar-refractivity contribution >= 4 is 28.9 Å². The van der Waals surface area contributed by atoms with Crippen LogP contribution in [0.3, 0.4) is 0 Å². The third-order valence-corrected chi connectivity index (χ3v) is 3.26. The van der Waals surface area contributed by atoms with Crippen LogP contribution in [0.5, 0.6) is 17.2 Å². The zero-order chi connectivity index (χ0) is 13.8. The van der Waals surface area contributed by atoms with Crippen LogP contribution in [0.1, 0.15) is 6.92 Å². The summed E-state index contributed by atoms with van der Waals surface area (Å²) in [4.78, 5) is 0. The molecule has 0 saturated carbocycles. The van der Waals surface area contributed by atoms with Gasteiger partial charge in [0.25, 0.3) is 0 Å². The number of nitrogen functional groups attached to an aromatic ring is 1. The maximum Gasteiger partial charge on any atom is 0.154 e. The largest absolute Gasteiger partial charge is 0.492 e. The first-order chi connectivity index (χ1) is 9.13. The molecule has 100 valence electrons. The molecule has 3 nitrogen and oxygen atoms in total. The Kier molecular flexibility index (Phi) is 4.40. The van der Waals surface area contributed by atoms with Gasteiger partial charge >= 0.3 is 0 Å². The zero-order valence-electron chi connectivity index (χ0n) is 10.3. The molecule has 2 aromatic carbocycles. The molecule has 0 fully saturated rings. The SMILES string of the molecule is CCOc1cccc(Oc2cccc(Cl)c2Cl)c1N. The van der Waals surface area contributed by atoms with E-state index in [1.54, 1.807) is 36.4 Å². The third kappa shape index (κ3) is 3.06. The molecule has 2 rings (SSSR count). The number of halogens is 2. The van der Waals surface area contributed by atoms with Crippen molar-refractivity contribution < 1.29 is 9.47 Å². The van der Waals surface area contributed by atoms with Crippen molar-refractivity contribution in [1.82, 2.24) is 0 Å². The Balaban J connectivity index is 2.33. The van der Waals surface area contributed by atoms with E-state index in [0.29, 0.717) is 39.6 Å². The first-order valence-corrected chi connectivity index (χ1v) is 6.52. The number of ether oxygens (including phenoxy) is 2. The Labute approximate surface area is 121 Å². The number of hydrogen-bond donors (Lipinski definition) is 1. The van der Waals surface area contributed by atoms with E-state index >= 15 is 0 Å². The smallest absolute Gasteiger partial charge is 0.154 e. The van der Waals surface area contributed by atoms with E-state index in [2.05, 4.69) is 0 Å². The van der Waals surface area contributed by atoms with Gasteiger partial charge < -0.3 is 15.2 Å². The van der Waals surface area contributed by atoms with Gasteiger partial charge in [-0.15, -0.1) is 0 Å². The Bertz CT molecular complexity index is 588. The molecule has 0 bridgehead atoms. The maximum absolute atomic E-state index is 6.07. The summed E-state index contributed by atoms with van der Waals surface area (Å²) in [5.41, 5.74) is 6.41. The maximum atomic E-state index is 6.07. The summed E-state index contributed by atoms with van der Waals surface area (Å²) in [6.07, 6.45) is 0. The summed E-state index contributed by atoms with van der Waals surface area (Å²) in [5.74, 6) is 1.52. The van der Waals surface area contributed by atoms with Crippen molar-refractivity contribution in [3.8, 4) is 17.2 Å². The Morgan fingerprint density at radius 3 is 2.37 bits per heavy atom. The monoisotopic (exact) mass is 297 g/mol. The summed E-state index contributed by atoms with van der Waals surface area (Å²) in [6.45, 7) is 2.42. The average molecular weight is 298 g/mol. The van der Waals surface area contributed by atoms with Gasteiger partial charge in [-0.25, -0.2) is 0 Å². The number of nitrogens with two attached hydrogens (primary N) is 1. The Morgan fingerprint density at radius 2 is 1.63 bits per heavy atom. The molecule has 0 heterocycles. The summed E-state index contributed by atoms with van der Waals surface area (Å²) in [6, 6.07) is 10.5. The second-order valence-corrected chi connectivity index (χ2v) is 4.54. The van der Waals surface area contributed by atoms with Gasteiger partial charge in [0.05, 0.1) is 11.6 Å². The quantitative estimate of drug-likeness (QED) is 0.827. The van der Waals surface area contributed by atoms with Crippen LogP contribution in [0, 0.1) is 0 Å².